The summed E-state index contributed by atoms with van der Waals surface area (Å²) in [4.78, 5) is 27.8. The van der Waals surface area contributed by atoms with Gasteiger partial charge in [-0.05, 0) is 47.1 Å². The molecule has 0 aliphatic rings. The fourth-order valence-corrected chi connectivity index (χ4v) is 2.21. The van der Waals surface area contributed by atoms with Crippen LogP contribution < -0.4 is 5.32 Å². The van der Waals surface area contributed by atoms with Gasteiger partial charge in [-0.1, -0.05) is 11.6 Å². The Morgan fingerprint density at radius 1 is 1.35 bits per heavy atom. The number of anilines is 1. The number of rotatable bonds is 4. The van der Waals surface area contributed by atoms with Crippen molar-refractivity contribution in [1.29, 1.82) is 0 Å². The number of pyridine rings is 1. The summed E-state index contributed by atoms with van der Waals surface area (Å²) >= 11 is 9.01. The number of benzene rings is 1. The molecule has 1 aromatic heterocycles. The Kier molecular flexibility index (Phi) is 5.68. The Balaban J connectivity index is 2.01. The van der Waals surface area contributed by atoms with Crippen LogP contribution >= 0.6 is 27.5 Å². The van der Waals surface area contributed by atoms with Gasteiger partial charge in [0.1, 0.15) is 5.82 Å². The molecule has 0 aliphatic heterocycles. The third-order valence-corrected chi connectivity index (χ3v) is 3.53. The number of hydrogen-bond donors (Lipinski definition) is 1. The van der Waals surface area contributed by atoms with Crippen LogP contribution in [-0.2, 0) is 9.53 Å². The molecule has 1 heterocycles. The highest BCUT2D eigenvalue weighted by atomic mass is 79.9. The number of amides is 1. The molecule has 1 amide bonds. The predicted octanol–water partition coefficient (Wildman–Crippen LogP) is 3.82. The summed E-state index contributed by atoms with van der Waals surface area (Å²) in [5.41, 5.74) is 0.434. The van der Waals surface area contributed by atoms with Crippen molar-refractivity contribution in [1.82, 2.24) is 4.98 Å². The zero-order valence-electron chi connectivity index (χ0n) is 11.8. The van der Waals surface area contributed by atoms with Gasteiger partial charge in [0.2, 0.25) is 0 Å². The van der Waals surface area contributed by atoms with Gasteiger partial charge in [-0.15, -0.1) is 0 Å². The number of esters is 1. The largest absolute Gasteiger partial charge is 0.449 e. The number of nitrogens with one attached hydrogen (secondary N) is 1. The van der Waals surface area contributed by atoms with Gasteiger partial charge < -0.3 is 10.1 Å². The van der Waals surface area contributed by atoms with Crippen molar-refractivity contribution in [3.05, 3.63) is 57.5 Å². The summed E-state index contributed by atoms with van der Waals surface area (Å²) in [5, 5.41) is 2.51. The molecule has 1 N–H and O–H groups in total. The van der Waals surface area contributed by atoms with Crippen LogP contribution in [-0.4, -0.2) is 23.0 Å². The summed E-state index contributed by atoms with van der Waals surface area (Å²) in [5.74, 6) is -1.80. The van der Waals surface area contributed by atoms with Crippen LogP contribution in [0.2, 0.25) is 5.02 Å². The first-order valence-electron chi connectivity index (χ1n) is 6.44. The number of hydrogen-bond acceptors (Lipinski definition) is 4. The van der Waals surface area contributed by atoms with E-state index in [1.807, 2.05) is 0 Å². The lowest BCUT2D eigenvalue weighted by Gasteiger charge is -2.14. The smallest absolute Gasteiger partial charge is 0.340 e. The van der Waals surface area contributed by atoms with Crippen LogP contribution in [0.3, 0.4) is 0 Å². The summed E-state index contributed by atoms with van der Waals surface area (Å²) in [7, 11) is 0. The Hall–Kier alpha value is -1.99. The van der Waals surface area contributed by atoms with E-state index in [0.29, 0.717) is 4.47 Å². The van der Waals surface area contributed by atoms with Gasteiger partial charge >= 0.3 is 5.97 Å². The molecule has 0 radical (unpaired) electrons. The average molecular weight is 402 g/mol. The molecule has 0 aliphatic carbocycles. The zero-order valence-corrected chi connectivity index (χ0v) is 14.2. The molecule has 2 rings (SSSR count). The minimum Gasteiger partial charge on any atom is -0.449 e. The monoisotopic (exact) mass is 400 g/mol. The summed E-state index contributed by atoms with van der Waals surface area (Å²) in [6.45, 7) is 1.41. The normalized spacial score (nSPS) is 11.7. The number of aromatic nitrogens is 1. The molecule has 1 atom stereocenters. The highest BCUT2D eigenvalue weighted by Crippen LogP contribution is 2.22. The Morgan fingerprint density at radius 2 is 2.09 bits per heavy atom. The van der Waals surface area contributed by atoms with Crippen molar-refractivity contribution >= 4 is 45.1 Å². The third-order valence-electron chi connectivity index (χ3n) is 2.78. The molecular formula is C15H11BrClFN2O3. The van der Waals surface area contributed by atoms with Crippen LogP contribution in [0, 0.1) is 5.82 Å². The van der Waals surface area contributed by atoms with Crippen molar-refractivity contribution in [2.45, 2.75) is 13.0 Å². The standard InChI is InChI=1S/C15H11BrClFN2O3/c1-8(23-15(22)9-4-10(16)7-19-6-9)14(21)20-13-3-2-11(18)5-12(13)17/h2-8H,1H3,(H,20,21). The van der Waals surface area contributed by atoms with Gasteiger partial charge in [0.15, 0.2) is 6.10 Å². The lowest BCUT2D eigenvalue weighted by Crippen LogP contribution is -2.30. The lowest BCUT2D eigenvalue weighted by atomic mass is 10.2. The van der Waals surface area contributed by atoms with E-state index in [9.17, 15) is 14.0 Å². The topological polar surface area (TPSA) is 68.3 Å². The van der Waals surface area contributed by atoms with Crippen molar-refractivity contribution < 1.29 is 18.7 Å². The third kappa shape index (κ3) is 4.74. The zero-order chi connectivity index (χ0) is 17.0. The Morgan fingerprint density at radius 3 is 2.74 bits per heavy atom. The van der Waals surface area contributed by atoms with Gasteiger partial charge in [0.25, 0.3) is 5.91 Å². The molecule has 0 bridgehead atoms. The molecule has 0 spiro atoms. The number of carbonyl (C=O) groups is 2. The van der Waals surface area contributed by atoms with Gasteiger partial charge in [-0.3, -0.25) is 9.78 Å². The Labute approximate surface area is 144 Å². The van der Waals surface area contributed by atoms with Crippen LogP contribution in [0.4, 0.5) is 10.1 Å². The molecule has 2 aromatic rings. The lowest BCUT2D eigenvalue weighted by molar-refractivity contribution is -0.123. The van der Waals surface area contributed by atoms with Gasteiger partial charge in [-0.2, -0.15) is 0 Å². The minimum absolute atomic E-state index is 0.0491. The maximum Gasteiger partial charge on any atom is 0.340 e. The average Bonchev–Trinajstić information content (AvgIpc) is 2.49. The molecule has 1 aromatic carbocycles. The van der Waals surface area contributed by atoms with E-state index in [2.05, 4.69) is 26.2 Å². The molecule has 23 heavy (non-hydrogen) atoms. The SMILES string of the molecule is CC(OC(=O)c1cncc(Br)c1)C(=O)Nc1ccc(F)cc1Cl. The van der Waals surface area contributed by atoms with Gasteiger partial charge in [0.05, 0.1) is 16.3 Å². The number of carbonyl (C=O) groups excluding carboxylic acids is 2. The highest BCUT2D eigenvalue weighted by Gasteiger charge is 2.20. The molecule has 5 nitrogen and oxygen atoms in total. The van der Waals surface area contributed by atoms with Crippen LogP contribution in [0.25, 0.3) is 0 Å². The number of halogens is 3. The van der Waals surface area contributed by atoms with Crippen LogP contribution in [0.1, 0.15) is 17.3 Å². The summed E-state index contributed by atoms with van der Waals surface area (Å²) in [6.07, 6.45) is 1.78. The second-order valence-electron chi connectivity index (χ2n) is 4.55. The summed E-state index contributed by atoms with van der Waals surface area (Å²) < 4.78 is 18.6. The van der Waals surface area contributed by atoms with E-state index < -0.39 is 23.8 Å². The molecule has 0 saturated heterocycles. The van der Waals surface area contributed by atoms with E-state index in [4.69, 9.17) is 16.3 Å². The van der Waals surface area contributed by atoms with Crippen molar-refractivity contribution in [3.8, 4) is 0 Å². The van der Waals surface area contributed by atoms with E-state index in [1.54, 1.807) is 0 Å². The number of ether oxygens (including phenoxy) is 1. The maximum absolute atomic E-state index is 13.0. The molecule has 120 valence electrons. The van der Waals surface area contributed by atoms with E-state index in [1.165, 1.54) is 31.5 Å². The van der Waals surface area contributed by atoms with Crippen LogP contribution in [0.15, 0.2) is 41.1 Å². The molecule has 0 fully saturated rings. The van der Waals surface area contributed by atoms with E-state index in [-0.39, 0.29) is 16.3 Å². The van der Waals surface area contributed by atoms with Crippen molar-refractivity contribution in [2.75, 3.05) is 5.32 Å². The summed E-state index contributed by atoms with van der Waals surface area (Å²) in [6, 6.07) is 5.07. The second kappa shape index (κ2) is 7.52. The molecule has 1 unspecified atom stereocenters. The van der Waals surface area contributed by atoms with Gasteiger partial charge in [-0.25, -0.2) is 9.18 Å². The molecular weight excluding hydrogens is 391 g/mol. The first kappa shape index (κ1) is 17.4. The van der Waals surface area contributed by atoms with Crippen LogP contribution in [0.5, 0.6) is 0 Å². The quantitative estimate of drug-likeness (QED) is 0.791. The minimum atomic E-state index is -1.07. The van der Waals surface area contributed by atoms with Crippen molar-refractivity contribution in [2.24, 2.45) is 0 Å². The number of nitrogens with zero attached hydrogens (tertiary/aromatic N) is 1. The first-order valence-corrected chi connectivity index (χ1v) is 7.61. The van der Waals surface area contributed by atoms with E-state index >= 15 is 0 Å². The molecule has 8 heteroatoms. The Bertz CT molecular complexity index is 757. The van der Waals surface area contributed by atoms with E-state index in [0.717, 1.165) is 12.1 Å². The maximum atomic E-state index is 13.0. The highest BCUT2D eigenvalue weighted by molar-refractivity contribution is 9.10. The second-order valence-corrected chi connectivity index (χ2v) is 5.88. The first-order chi connectivity index (χ1) is 10.9. The van der Waals surface area contributed by atoms with Crippen molar-refractivity contribution in [3.63, 3.8) is 0 Å². The predicted molar refractivity (Wildman–Crippen MR) is 86.9 cm³/mol. The van der Waals surface area contributed by atoms with Gasteiger partial charge in [0, 0.05) is 16.9 Å². The molecule has 0 saturated carbocycles. The fourth-order valence-electron chi connectivity index (χ4n) is 1.63. The fraction of sp³-hybridized carbons (Fsp3) is 0.133.